The van der Waals surface area contributed by atoms with Gasteiger partial charge >= 0.3 is 0 Å². The Kier molecular flexibility index (Phi) is 2.73. The molecule has 0 bridgehead atoms. The van der Waals surface area contributed by atoms with Gasteiger partial charge < -0.3 is 10.6 Å². The average molecular weight is 204 g/mol. The fraction of sp³-hybridized carbons (Fsp3) is 0.417. The summed E-state index contributed by atoms with van der Waals surface area (Å²) in [6, 6.07) is 7.97. The molecule has 0 aromatic heterocycles. The smallest absolute Gasteiger partial charge is 0.239 e. The lowest BCUT2D eigenvalue weighted by Crippen LogP contribution is -2.33. The number of carbonyl (C=O) groups is 1. The zero-order valence-corrected chi connectivity index (χ0v) is 8.94. The number of rotatable bonds is 2. The van der Waals surface area contributed by atoms with Crippen molar-refractivity contribution in [1.29, 1.82) is 0 Å². The van der Waals surface area contributed by atoms with Crippen LogP contribution >= 0.6 is 0 Å². The van der Waals surface area contributed by atoms with E-state index in [2.05, 4.69) is 31.2 Å². The zero-order valence-electron chi connectivity index (χ0n) is 8.94. The quantitative estimate of drug-likeness (QED) is 0.782. The van der Waals surface area contributed by atoms with Crippen LogP contribution < -0.4 is 5.73 Å². The molecule has 0 unspecified atom stereocenters. The second-order valence-electron chi connectivity index (χ2n) is 4.14. The standard InChI is InChI=1S/C12H16N2O/c1-9-2-4-10(5-3-9)8-14-7-6-11(13)12(14)15/h2-5,11H,6-8,13H2,1H3/t11-/m1/s1. The minimum Gasteiger partial charge on any atom is -0.337 e. The normalized spacial score (nSPS) is 21.1. The van der Waals surface area contributed by atoms with Gasteiger partial charge in [-0.3, -0.25) is 4.79 Å². The molecule has 1 aromatic rings. The third-order valence-corrected chi connectivity index (χ3v) is 2.83. The number of nitrogens with two attached hydrogens (primary N) is 1. The van der Waals surface area contributed by atoms with Crippen LogP contribution in [0.2, 0.25) is 0 Å². The molecule has 0 radical (unpaired) electrons. The van der Waals surface area contributed by atoms with E-state index >= 15 is 0 Å². The lowest BCUT2D eigenvalue weighted by molar-refractivity contribution is -0.129. The van der Waals surface area contributed by atoms with Gasteiger partial charge in [0.15, 0.2) is 0 Å². The van der Waals surface area contributed by atoms with Crippen molar-refractivity contribution in [3.05, 3.63) is 35.4 Å². The lowest BCUT2D eigenvalue weighted by Gasteiger charge is -2.15. The van der Waals surface area contributed by atoms with Gasteiger partial charge in [-0.1, -0.05) is 29.8 Å². The van der Waals surface area contributed by atoms with Gasteiger partial charge in [0, 0.05) is 13.1 Å². The molecule has 0 spiro atoms. The number of amides is 1. The molecule has 1 aliphatic rings. The highest BCUT2D eigenvalue weighted by Crippen LogP contribution is 2.14. The molecular weight excluding hydrogens is 188 g/mol. The molecule has 3 nitrogen and oxygen atoms in total. The van der Waals surface area contributed by atoms with Crippen LogP contribution in [0.5, 0.6) is 0 Å². The first-order chi connectivity index (χ1) is 7.16. The summed E-state index contributed by atoms with van der Waals surface area (Å²) in [7, 11) is 0. The number of aryl methyl sites for hydroxylation is 1. The number of nitrogens with zero attached hydrogens (tertiary/aromatic N) is 1. The van der Waals surface area contributed by atoms with E-state index in [4.69, 9.17) is 5.73 Å². The third kappa shape index (κ3) is 2.18. The van der Waals surface area contributed by atoms with Gasteiger partial charge in [-0.25, -0.2) is 0 Å². The first-order valence-electron chi connectivity index (χ1n) is 5.27. The Morgan fingerprint density at radius 1 is 1.40 bits per heavy atom. The summed E-state index contributed by atoms with van der Waals surface area (Å²) in [5.41, 5.74) is 8.06. The van der Waals surface area contributed by atoms with Crippen LogP contribution in [0.3, 0.4) is 0 Å². The average Bonchev–Trinajstić information content (AvgIpc) is 2.53. The van der Waals surface area contributed by atoms with E-state index in [-0.39, 0.29) is 11.9 Å². The largest absolute Gasteiger partial charge is 0.337 e. The van der Waals surface area contributed by atoms with Gasteiger partial charge in [-0.2, -0.15) is 0 Å². The molecule has 0 saturated carbocycles. The van der Waals surface area contributed by atoms with Crippen molar-refractivity contribution in [2.45, 2.75) is 25.9 Å². The Labute approximate surface area is 89.9 Å². The maximum absolute atomic E-state index is 11.6. The minimum atomic E-state index is -0.282. The van der Waals surface area contributed by atoms with Gasteiger partial charge in [0.05, 0.1) is 6.04 Å². The van der Waals surface area contributed by atoms with E-state index < -0.39 is 0 Å². The molecule has 2 N–H and O–H groups in total. The molecule has 80 valence electrons. The lowest BCUT2D eigenvalue weighted by atomic mass is 10.1. The highest BCUT2D eigenvalue weighted by molar-refractivity contribution is 5.83. The van der Waals surface area contributed by atoms with Crippen molar-refractivity contribution >= 4 is 5.91 Å². The third-order valence-electron chi connectivity index (χ3n) is 2.83. The Hall–Kier alpha value is -1.35. The molecule has 1 aromatic carbocycles. The summed E-state index contributed by atoms with van der Waals surface area (Å²) in [5, 5.41) is 0. The Bertz CT molecular complexity index is 358. The molecule has 1 amide bonds. The van der Waals surface area contributed by atoms with Crippen molar-refractivity contribution in [3.8, 4) is 0 Å². The van der Waals surface area contributed by atoms with Crippen molar-refractivity contribution in [3.63, 3.8) is 0 Å². The summed E-state index contributed by atoms with van der Waals surface area (Å²) in [6.07, 6.45) is 0.782. The first-order valence-corrected chi connectivity index (χ1v) is 5.27. The fourth-order valence-corrected chi connectivity index (χ4v) is 1.83. The minimum absolute atomic E-state index is 0.0792. The molecule has 1 saturated heterocycles. The fourth-order valence-electron chi connectivity index (χ4n) is 1.83. The molecule has 2 rings (SSSR count). The van der Waals surface area contributed by atoms with Gasteiger partial charge in [-0.05, 0) is 18.9 Å². The van der Waals surface area contributed by atoms with Crippen molar-refractivity contribution < 1.29 is 4.79 Å². The van der Waals surface area contributed by atoms with Gasteiger partial charge in [0.2, 0.25) is 5.91 Å². The maximum atomic E-state index is 11.6. The molecule has 0 aliphatic carbocycles. The van der Waals surface area contributed by atoms with Crippen molar-refractivity contribution in [2.24, 2.45) is 5.73 Å². The highest BCUT2D eigenvalue weighted by atomic mass is 16.2. The monoisotopic (exact) mass is 204 g/mol. The molecule has 1 aliphatic heterocycles. The molecule has 1 fully saturated rings. The van der Waals surface area contributed by atoms with E-state index in [1.807, 2.05) is 4.90 Å². The molecule has 15 heavy (non-hydrogen) atoms. The molecular formula is C12H16N2O. The summed E-state index contributed by atoms with van der Waals surface area (Å²) in [5.74, 6) is 0.0792. The predicted octanol–water partition coefficient (Wildman–Crippen LogP) is 1.05. The molecule has 1 heterocycles. The Morgan fingerprint density at radius 3 is 2.60 bits per heavy atom. The van der Waals surface area contributed by atoms with Crippen LogP contribution in [-0.2, 0) is 11.3 Å². The zero-order chi connectivity index (χ0) is 10.8. The van der Waals surface area contributed by atoms with Crippen LogP contribution in [-0.4, -0.2) is 23.4 Å². The number of hydrogen-bond acceptors (Lipinski definition) is 2. The first kappa shape index (κ1) is 10.2. The molecule has 3 heteroatoms. The summed E-state index contributed by atoms with van der Waals surface area (Å²) < 4.78 is 0. The summed E-state index contributed by atoms with van der Waals surface area (Å²) in [4.78, 5) is 13.4. The SMILES string of the molecule is Cc1ccc(CN2CC[C@@H](N)C2=O)cc1. The Balaban J connectivity index is 2.03. The van der Waals surface area contributed by atoms with Gasteiger partial charge in [0.1, 0.15) is 0 Å². The van der Waals surface area contributed by atoms with Crippen LogP contribution in [0.1, 0.15) is 17.5 Å². The predicted molar refractivity (Wildman–Crippen MR) is 59.2 cm³/mol. The van der Waals surface area contributed by atoms with Gasteiger partial charge in [-0.15, -0.1) is 0 Å². The second-order valence-corrected chi connectivity index (χ2v) is 4.14. The van der Waals surface area contributed by atoms with Crippen LogP contribution in [0, 0.1) is 6.92 Å². The second kappa shape index (κ2) is 4.03. The number of hydrogen-bond donors (Lipinski definition) is 1. The number of likely N-dealkylation sites (tertiary alicyclic amines) is 1. The van der Waals surface area contributed by atoms with Crippen LogP contribution in [0.15, 0.2) is 24.3 Å². The van der Waals surface area contributed by atoms with Crippen LogP contribution in [0.25, 0.3) is 0 Å². The van der Waals surface area contributed by atoms with Crippen molar-refractivity contribution in [2.75, 3.05) is 6.54 Å². The van der Waals surface area contributed by atoms with E-state index in [9.17, 15) is 4.79 Å². The van der Waals surface area contributed by atoms with E-state index in [0.717, 1.165) is 13.0 Å². The summed E-state index contributed by atoms with van der Waals surface area (Å²) in [6.45, 7) is 3.53. The summed E-state index contributed by atoms with van der Waals surface area (Å²) >= 11 is 0. The topological polar surface area (TPSA) is 46.3 Å². The number of benzene rings is 1. The van der Waals surface area contributed by atoms with Crippen LogP contribution in [0.4, 0.5) is 0 Å². The maximum Gasteiger partial charge on any atom is 0.239 e. The highest BCUT2D eigenvalue weighted by Gasteiger charge is 2.27. The van der Waals surface area contributed by atoms with Gasteiger partial charge in [0.25, 0.3) is 0 Å². The van der Waals surface area contributed by atoms with E-state index in [0.29, 0.717) is 6.54 Å². The number of carbonyl (C=O) groups excluding carboxylic acids is 1. The van der Waals surface area contributed by atoms with E-state index in [1.54, 1.807) is 0 Å². The van der Waals surface area contributed by atoms with E-state index in [1.165, 1.54) is 11.1 Å². The van der Waals surface area contributed by atoms with Crippen molar-refractivity contribution in [1.82, 2.24) is 4.90 Å². The molecule has 1 atom stereocenters. The Morgan fingerprint density at radius 2 is 2.07 bits per heavy atom.